The van der Waals surface area contributed by atoms with Gasteiger partial charge in [-0.05, 0) is 78.9 Å². The second-order valence-electron chi connectivity index (χ2n) is 8.82. The molecule has 3 N–H and O–H groups in total. The average molecular weight is 538 g/mol. The molecule has 0 unspecified atom stereocenters. The van der Waals surface area contributed by atoms with Crippen molar-refractivity contribution in [2.24, 2.45) is 0 Å². The maximum Gasteiger partial charge on any atom is 0.416 e. The molecule has 5 rings (SSSR count). The first kappa shape index (κ1) is 25.7. The molecule has 0 aliphatic heterocycles. The molecule has 38 heavy (non-hydrogen) atoms. The number of nitrogen functional groups attached to an aromatic ring is 1. The van der Waals surface area contributed by atoms with Crippen LogP contribution in [-0.2, 0) is 6.18 Å². The number of thioether (sulfide) groups is 1. The Hall–Kier alpha value is -3.99. The third-order valence-corrected chi connectivity index (χ3v) is 6.93. The summed E-state index contributed by atoms with van der Waals surface area (Å²) in [6.45, 7) is 2.57. The SMILES string of the molecule is CSCCCNc1nc2c(-c3cccc(C(F)(F)F)c3)c(C)c(-c3ccnn3-c3ccc(N)cc3)cn2n1. The second-order valence-corrected chi connectivity index (χ2v) is 9.80. The molecule has 0 bridgehead atoms. The van der Waals surface area contributed by atoms with Crippen LogP contribution in [-0.4, -0.2) is 42.9 Å². The Labute approximate surface area is 221 Å². The maximum atomic E-state index is 13.6. The molecule has 0 aliphatic rings. The summed E-state index contributed by atoms with van der Waals surface area (Å²) >= 11 is 1.75. The summed E-state index contributed by atoms with van der Waals surface area (Å²) in [5.41, 5.74) is 10.3. The number of alkyl halides is 3. The molecular weight excluding hydrogens is 511 g/mol. The number of benzene rings is 2. The molecule has 0 spiro atoms. The van der Waals surface area contributed by atoms with Gasteiger partial charge in [-0.1, -0.05) is 12.1 Å². The number of pyridine rings is 1. The standard InChI is InChI=1S/C27H26F3N7S/c1-17-22(23-11-13-33-37(23)21-9-7-20(31)8-10-21)16-36-25(34-26(35-36)32-12-4-14-38-2)24(17)18-5-3-6-19(15-18)27(28,29)30/h3,5-11,13,15-16H,4,12,14,31H2,1-2H3,(H,32,35). The monoisotopic (exact) mass is 537 g/mol. The smallest absolute Gasteiger partial charge is 0.399 e. The zero-order valence-corrected chi connectivity index (χ0v) is 21.6. The first-order chi connectivity index (χ1) is 18.3. The van der Waals surface area contributed by atoms with E-state index >= 15 is 0 Å². The van der Waals surface area contributed by atoms with E-state index in [1.807, 2.05) is 37.6 Å². The molecular formula is C27H26F3N7S. The Morgan fingerprint density at radius 1 is 1.08 bits per heavy atom. The molecule has 0 amide bonds. The molecule has 0 aliphatic carbocycles. The summed E-state index contributed by atoms with van der Waals surface area (Å²) in [5.74, 6) is 1.41. The van der Waals surface area contributed by atoms with Gasteiger partial charge in [-0.2, -0.15) is 35.0 Å². The van der Waals surface area contributed by atoms with Crippen LogP contribution < -0.4 is 11.1 Å². The summed E-state index contributed by atoms with van der Waals surface area (Å²) in [4.78, 5) is 4.67. The van der Waals surface area contributed by atoms with Crippen LogP contribution >= 0.6 is 11.8 Å². The Morgan fingerprint density at radius 3 is 2.61 bits per heavy atom. The number of halogens is 3. The second kappa shape index (κ2) is 10.4. The Bertz CT molecular complexity index is 1570. The number of hydrogen-bond donors (Lipinski definition) is 2. The van der Waals surface area contributed by atoms with Crippen LogP contribution in [0.3, 0.4) is 0 Å². The Kier molecular flexibility index (Phi) is 7.02. The fourth-order valence-electron chi connectivity index (χ4n) is 4.38. The quantitative estimate of drug-likeness (QED) is 0.178. The molecule has 196 valence electrons. The van der Waals surface area contributed by atoms with Crippen molar-refractivity contribution < 1.29 is 13.2 Å². The number of fused-ring (bicyclic) bond motifs is 1. The van der Waals surface area contributed by atoms with Gasteiger partial charge in [0.05, 0.1) is 23.1 Å². The highest BCUT2D eigenvalue weighted by molar-refractivity contribution is 7.98. The van der Waals surface area contributed by atoms with E-state index in [4.69, 9.17) is 5.73 Å². The molecule has 0 radical (unpaired) electrons. The first-order valence-corrected chi connectivity index (χ1v) is 13.4. The minimum Gasteiger partial charge on any atom is -0.399 e. The Balaban J connectivity index is 1.70. The molecule has 0 fully saturated rings. The van der Waals surface area contributed by atoms with Crippen LogP contribution in [0.25, 0.3) is 33.7 Å². The number of hydrogen-bond acceptors (Lipinski definition) is 6. The van der Waals surface area contributed by atoms with E-state index in [0.717, 1.165) is 46.8 Å². The van der Waals surface area contributed by atoms with Gasteiger partial charge in [-0.25, -0.2) is 9.20 Å². The van der Waals surface area contributed by atoms with Crippen LogP contribution in [0.1, 0.15) is 17.5 Å². The topological polar surface area (TPSA) is 86.1 Å². The normalized spacial score (nSPS) is 11.8. The third-order valence-electron chi connectivity index (χ3n) is 6.23. The van der Waals surface area contributed by atoms with E-state index in [9.17, 15) is 13.2 Å². The van der Waals surface area contributed by atoms with Crippen LogP contribution in [0.15, 0.2) is 67.0 Å². The van der Waals surface area contributed by atoms with E-state index in [0.29, 0.717) is 35.0 Å². The van der Waals surface area contributed by atoms with Crippen LogP contribution in [0.2, 0.25) is 0 Å². The lowest BCUT2D eigenvalue weighted by Crippen LogP contribution is -2.06. The minimum atomic E-state index is -4.47. The van der Waals surface area contributed by atoms with Crippen molar-refractivity contribution in [3.63, 3.8) is 0 Å². The minimum absolute atomic E-state index is 0.407. The van der Waals surface area contributed by atoms with E-state index < -0.39 is 11.7 Å². The lowest BCUT2D eigenvalue weighted by molar-refractivity contribution is -0.137. The van der Waals surface area contributed by atoms with Crippen molar-refractivity contribution in [3.8, 4) is 28.1 Å². The van der Waals surface area contributed by atoms with Crippen LogP contribution in [0.5, 0.6) is 0 Å². The highest BCUT2D eigenvalue weighted by atomic mass is 32.2. The number of nitrogens with one attached hydrogen (secondary N) is 1. The fourth-order valence-corrected chi connectivity index (χ4v) is 4.81. The molecule has 2 aromatic carbocycles. The molecule has 0 atom stereocenters. The Morgan fingerprint density at radius 2 is 1.87 bits per heavy atom. The summed E-state index contributed by atoms with van der Waals surface area (Å²) in [6.07, 6.45) is 2.03. The van der Waals surface area contributed by atoms with Gasteiger partial charge in [0.2, 0.25) is 5.95 Å². The predicted molar refractivity (Wildman–Crippen MR) is 147 cm³/mol. The first-order valence-electron chi connectivity index (χ1n) is 12.0. The number of rotatable bonds is 8. The van der Waals surface area contributed by atoms with Crippen molar-refractivity contribution in [1.82, 2.24) is 24.4 Å². The van der Waals surface area contributed by atoms with Crippen molar-refractivity contribution in [2.45, 2.75) is 19.5 Å². The molecule has 5 aromatic rings. The lowest BCUT2D eigenvalue weighted by Gasteiger charge is -2.16. The van der Waals surface area contributed by atoms with E-state index in [1.54, 1.807) is 45.4 Å². The summed E-state index contributed by atoms with van der Waals surface area (Å²) in [6, 6.07) is 14.5. The van der Waals surface area contributed by atoms with Gasteiger partial charge in [-0.15, -0.1) is 5.10 Å². The van der Waals surface area contributed by atoms with Gasteiger partial charge in [0.25, 0.3) is 0 Å². The van der Waals surface area contributed by atoms with Crippen molar-refractivity contribution in [3.05, 3.63) is 78.1 Å². The number of aromatic nitrogens is 5. The summed E-state index contributed by atoms with van der Waals surface area (Å²) in [7, 11) is 0. The van der Waals surface area contributed by atoms with Crippen LogP contribution in [0.4, 0.5) is 24.8 Å². The molecule has 3 heterocycles. The van der Waals surface area contributed by atoms with Crippen molar-refractivity contribution >= 4 is 29.0 Å². The molecule has 0 saturated carbocycles. The average Bonchev–Trinajstić information content (AvgIpc) is 3.53. The largest absolute Gasteiger partial charge is 0.416 e. The fraction of sp³-hybridized carbons (Fsp3) is 0.222. The molecule has 0 saturated heterocycles. The van der Waals surface area contributed by atoms with Gasteiger partial charge >= 0.3 is 6.18 Å². The number of anilines is 2. The lowest BCUT2D eigenvalue weighted by atomic mass is 9.95. The van der Waals surface area contributed by atoms with E-state index in [1.165, 1.54) is 6.07 Å². The zero-order valence-electron chi connectivity index (χ0n) is 20.8. The molecule has 3 aromatic heterocycles. The van der Waals surface area contributed by atoms with Gasteiger partial charge in [0.1, 0.15) is 0 Å². The third kappa shape index (κ3) is 5.06. The van der Waals surface area contributed by atoms with Crippen molar-refractivity contribution in [1.29, 1.82) is 0 Å². The van der Waals surface area contributed by atoms with Gasteiger partial charge in [-0.3, -0.25) is 0 Å². The highest BCUT2D eigenvalue weighted by Crippen LogP contribution is 2.38. The molecule has 7 nitrogen and oxygen atoms in total. The van der Waals surface area contributed by atoms with Gasteiger partial charge in [0.15, 0.2) is 5.65 Å². The number of nitrogens with zero attached hydrogens (tertiary/aromatic N) is 5. The molecule has 11 heteroatoms. The van der Waals surface area contributed by atoms with Crippen LogP contribution in [0, 0.1) is 6.92 Å². The van der Waals surface area contributed by atoms with Crippen molar-refractivity contribution in [2.75, 3.05) is 29.6 Å². The zero-order chi connectivity index (χ0) is 26.9. The maximum absolute atomic E-state index is 13.6. The predicted octanol–water partition coefficient (Wildman–Crippen LogP) is 6.32. The van der Waals surface area contributed by atoms with E-state index in [-0.39, 0.29) is 0 Å². The number of nitrogens with two attached hydrogens (primary N) is 1. The van der Waals surface area contributed by atoms with Gasteiger partial charge in [0, 0.05) is 29.6 Å². The van der Waals surface area contributed by atoms with Gasteiger partial charge < -0.3 is 11.1 Å². The van der Waals surface area contributed by atoms with E-state index in [2.05, 4.69) is 20.5 Å². The summed E-state index contributed by atoms with van der Waals surface area (Å²) in [5, 5.41) is 12.3. The summed E-state index contributed by atoms with van der Waals surface area (Å²) < 4.78 is 44.2. The highest BCUT2D eigenvalue weighted by Gasteiger charge is 2.31.